The van der Waals surface area contributed by atoms with Crippen LogP contribution in [-0.2, 0) is 6.18 Å². The highest BCUT2D eigenvalue weighted by Gasteiger charge is 2.32. The average molecular weight is 334 g/mol. The zero-order valence-corrected chi connectivity index (χ0v) is 10.7. The molecule has 0 bridgehead atoms. The summed E-state index contributed by atoms with van der Waals surface area (Å²) in [5.41, 5.74) is -1.03. The maximum atomic E-state index is 12.5. The molecule has 0 spiro atoms. The van der Waals surface area contributed by atoms with Gasteiger partial charge < -0.3 is 10.2 Å². The first-order valence-corrected chi connectivity index (χ1v) is 6.05. The third-order valence-electron chi connectivity index (χ3n) is 2.11. The second-order valence-electron chi connectivity index (χ2n) is 3.44. The van der Waals surface area contributed by atoms with E-state index in [-0.39, 0.29) is 15.9 Å². The largest absolute Gasteiger partial charge is 0.416 e. The lowest BCUT2D eigenvalue weighted by molar-refractivity contribution is -0.137. The molecule has 2 unspecified atom stereocenters. The first-order chi connectivity index (χ1) is 7.75. The quantitative estimate of drug-likeness (QED) is 0.834. The molecule has 0 aromatic heterocycles. The Hall–Kier alpha value is -0.300. The molecule has 0 saturated carbocycles. The van der Waals surface area contributed by atoms with Crippen LogP contribution in [0.3, 0.4) is 0 Å². The number of hydrogen-bond donors (Lipinski definition) is 2. The molecular weight excluding hydrogens is 324 g/mol. The summed E-state index contributed by atoms with van der Waals surface area (Å²) in [6.07, 6.45) is -7.16. The minimum atomic E-state index is -4.54. The minimum absolute atomic E-state index is 0.0437. The van der Waals surface area contributed by atoms with Gasteiger partial charge >= 0.3 is 6.18 Å². The van der Waals surface area contributed by atoms with E-state index in [1.807, 2.05) is 0 Å². The second-order valence-corrected chi connectivity index (χ2v) is 4.52. The number of aliphatic hydroxyl groups excluding tert-OH is 2. The van der Waals surface area contributed by atoms with Gasteiger partial charge in [-0.3, -0.25) is 0 Å². The van der Waals surface area contributed by atoms with Gasteiger partial charge in [0.1, 0.15) is 6.10 Å². The summed E-state index contributed by atoms with van der Waals surface area (Å²) in [6.45, 7) is 0. The summed E-state index contributed by atoms with van der Waals surface area (Å²) in [5, 5.41) is 18.8. The van der Waals surface area contributed by atoms with Crippen LogP contribution in [0, 0.1) is 0 Å². The van der Waals surface area contributed by atoms with Crippen molar-refractivity contribution in [3.8, 4) is 0 Å². The first kappa shape index (κ1) is 14.8. The van der Waals surface area contributed by atoms with E-state index in [1.54, 1.807) is 0 Å². The van der Waals surface area contributed by atoms with Crippen LogP contribution in [0.4, 0.5) is 13.2 Å². The van der Waals surface area contributed by atoms with Crippen LogP contribution in [0.25, 0.3) is 0 Å². The lowest BCUT2D eigenvalue weighted by Crippen LogP contribution is -2.20. The lowest BCUT2D eigenvalue weighted by atomic mass is 10.0. The van der Waals surface area contributed by atoms with Gasteiger partial charge in [-0.25, -0.2) is 0 Å². The highest BCUT2D eigenvalue weighted by molar-refractivity contribution is 9.09. The smallest absolute Gasteiger partial charge is 0.389 e. The molecule has 2 nitrogen and oxygen atoms in total. The fourth-order valence-electron chi connectivity index (χ4n) is 1.25. The molecule has 2 N–H and O–H groups in total. The highest BCUT2D eigenvalue weighted by atomic mass is 79.9. The monoisotopic (exact) mass is 332 g/mol. The van der Waals surface area contributed by atoms with Crippen molar-refractivity contribution in [3.05, 3.63) is 34.3 Å². The minimum Gasteiger partial charge on any atom is -0.389 e. The molecule has 0 aliphatic rings. The number of aliphatic hydroxyl groups is 2. The Bertz CT molecular complexity index is 398. The number of benzene rings is 1. The van der Waals surface area contributed by atoms with Crippen molar-refractivity contribution in [1.29, 1.82) is 0 Å². The summed E-state index contributed by atoms with van der Waals surface area (Å²) in [6, 6.07) is 2.72. The van der Waals surface area contributed by atoms with Crippen LogP contribution in [0.5, 0.6) is 0 Å². The van der Waals surface area contributed by atoms with E-state index in [2.05, 4.69) is 15.9 Å². The molecule has 0 saturated heterocycles. The molecule has 0 amide bonds. The maximum Gasteiger partial charge on any atom is 0.416 e. The molecule has 7 heteroatoms. The van der Waals surface area contributed by atoms with Crippen molar-refractivity contribution in [2.24, 2.45) is 0 Å². The van der Waals surface area contributed by atoms with Crippen molar-refractivity contribution in [2.45, 2.75) is 18.4 Å². The van der Waals surface area contributed by atoms with Crippen LogP contribution in [-0.4, -0.2) is 21.6 Å². The van der Waals surface area contributed by atoms with Crippen molar-refractivity contribution in [3.63, 3.8) is 0 Å². The average Bonchev–Trinajstić information content (AvgIpc) is 2.25. The molecule has 2 atom stereocenters. The van der Waals surface area contributed by atoms with Gasteiger partial charge in [-0.1, -0.05) is 27.5 Å². The fraction of sp³-hybridized carbons (Fsp3) is 0.400. The van der Waals surface area contributed by atoms with E-state index in [9.17, 15) is 23.4 Å². The summed E-state index contributed by atoms with van der Waals surface area (Å²) in [7, 11) is 0. The van der Waals surface area contributed by atoms with Gasteiger partial charge in [0.05, 0.1) is 11.7 Å². The second kappa shape index (κ2) is 5.56. The molecule has 17 heavy (non-hydrogen) atoms. The predicted octanol–water partition coefficient (Wildman–Crippen LogP) is 3.15. The van der Waals surface area contributed by atoms with E-state index in [0.717, 1.165) is 12.1 Å². The third-order valence-corrected chi connectivity index (χ3v) is 2.99. The topological polar surface area (TPSA) is 40.5 Å². The summed E-state index contributed by atoms with van der Waals surface area (Å²) in [4.78, 5) is 0. The van der Waals surface area contributed by atoms with Crippen LogP contribution >= 0.6 is 27.5 Å². The fourth-order valence-corrected chi connectivity index (χ4v) is 1.85. The van der Waals surface area contributed by atoms with Gasteiger partial charge in [0.15, 0.2) is 0 Å². The Morgan fingerprint density at radius 3 is 2.29 bits per heavy atom. The van der Waals surface area contributed by atoms with Gasteiger partial charge in [0.25, 0.3) is 0 Å². The van der Waals surface area contributed by atoms with Gasteiger partial charge in [-0.2, -0.15) is 13.2 Å². The van der Waals surface area contributed by atoms with Gasteiger partial charge in [0, 0.05) is 10.4 Å². The molecule has 1 aromatic rings. The Labute approximate surface area is 109 Å². The molecule has 1 aromatic carbocycles. The van der Waals surface area contributed by atoms with Crippen molar-refractivity contribution in [2.75, 3.05) is 5.33 Å². The summed E-state index contributed by atoms with van der Waals surface area (Å²) >= 11 is 8.47. The van der Waals surface area contributed by atoms with E-state index in [0.29, 0.717) is 0 Å². The van der Waals surface area contributed by atoms with Crippen LogP contribution in [0.2, 0.25) is 5.02 Å². The van der Waals surface area contributed by atoms with Crippen LogP contribution in [0.15, 0.2) is 18.2 Å². The molecule has 0 heterocycles. The third kappa shape index (κ3) is 3.84. The van der Waals surface area contributed by atoms with Gasteiger partial charge in [-0.15, -0.1) is 0 Å². The molecular formula is C10H9BrClF3O2. The molecule has 1 rings (SSSR count). The maximum absolute atomic E-state index is 12.5. The number of halogens is 5. The molecule has 0 aliphatic heterocycles. The van der Waals surface area contributed by atoms with Crippen LogP contribution < -0.4 is 0 Å². The van der Waals surface area contributed by atoms with Crippen molar-refractivity contribution < 1.29 is 23.4 Å². The first-order valence-electron chi connectivity index (χ1n) is 4.55. The SMILES string of the molecule is OC(CBr)C(O)c1cc(Cl)cc(C(F)(F)F)c1. The number of alkyl halides is 4. The number of rotatable bonds is 3. The predicted molar refractivity (Wildman–Crippen MR) is 61.2 cm³/mol. The molecule has 0 radical (unpaired) electrons. The zero-order valence-electron chi connectivity index (χ0n) is 8.38. The van der Waals surface area contributed by atoms with Crippen molar-refractivity contribution >= 4 is 27.5 Å². The molecule has 0 aliphatic carbocycles. The Morgan fingerprint density at radius 1 is 1.24 bits per heavy atom. The normalized spacial score (nSPS) is 15.7. The van der Waals surface area contributed by atoms with E-state index < -0.39 is 23.9 Å². The zero-order chi connectivity index (χ0) is 13.2. The van der Waals surface area contributed by atoms with Gasteiger partial charge in [0.2, 0.25) is 0 Å². The Balaban J connectivity index is 3.14. The van der Waals surface area contributed by atoms with E-state index in [4.69, 9.17) is 11.6 Å². The lowest BCUT2D eigenvalue weighted by Gasteiger charge is -2.17. The van der Waals surface area contributed by atoms with Crippen LogP contribution in [0.1, 0.15) is 17.2 Å². The van der Waals surface area contributed by atoms with E-state index in [1.165, 1.54) is 6.07 Å². The highest BCUT2D eigenvalue weighted by Crippen LogP contribution is 2.33. The Kier molecular flexibility index (Phi) is 4.83. The molecule has 0 fully saturated rings. The summed E-state index contributed by atoms with van der Waals surface area (Å²) in [5.74, 6) is 0. The summed E-state index contributed by atoms with van der Waals surface area (Å²) < 4.78 is 37.4. The van der Waals surface area contributed by atoms with Crippen molar-refractivity contribution in [1.82, 2.24) is 0 Å². The van der Waals surface area contributed by atoms with Gasteiger partial charge in [-0.05, 0) is 23.8 Å². The van der Waals surface area contributed by atoms with E-state index >= 15 is 0 Å². The molecule has 96 valence electrons. The standard InChI is InChI=1S/C10H9BrClF3O2/c11-4-8(16)9(17)5-1-6(10(13,14)15)3-7(12)2-5/h1-3,8-9,16-17H,4H2. The Morgan fingerprint density at radius 2 is 1.82 bits per heavy atom. The number of hydrogen-bond acceptors (Lipinski definition) is 2.